The zero-order valence-electron chi connectivity index (χ0n) is 26.0. The van der Waals surface area contributed by atoms with E-state index in [1.54, 1.807) is 0 Å². The highest BCUT2D eigenvalue weighted by Gasteiger charge is 2.48. The first-order chi connectivity index (χ1) is 22.0. The number of nitrogens with one attached hydrogen (secondary N) is 3. The largest absolute Gasteiger partial charge is 0.480 e. The summed E-state index contributed by atoms with van der Waals surface area (Å²) in [5.41, 5.74) is 6.01. The summed E-state index contributed by atoms with van der Waals surface area (Å²) < 4.78 is 0. The molecule has 246 valence electrons. The Kier molecular flexibility index (Phi) is 9.99. The molecule has 0 bridgehead atoms. The fourth-order valence-corrected chi connectivity index (χ4v) is 7.70. The number of hydrogen-bond donors (Lipinski definition) is 5. The number of nitrogens with zero attached hydrogens (tertiary/aromatic N) is 1. The van der Waals surface area contributed by atoms with Gasteiger partial charge in [-0.1, -0.05) is 56.4 Å². The number of Topliss-reactive ketones (excluding diaryl/α,β-unsaturated/α-hetero) is 1. The Hall–Kier alpha value is -4.40. The van der Waals surface area contributed by atoms with Crippen molar-refractivity contribution in [2.45, 2.75) is 101 Å². The van der Waals surface area contributed by atoms with Crippen LogP contribution in [0.5, 0.6) is 0 Å². The molecule has 4 atom stereocenters. The van der Waals surface area contributed by atoms with E-state index in [-0.39, 0.29) is 44.1 Å². The predicted octanol–water partition coefficient (Wildman–Crippen LogP) is 1.44. The Morgan fingerprint density at radius 2 is 1.65 bits per heavy atom. The lowest BCUT2D eigenvalue weighted by Crippen LogP contribution is -2.62. The van der Waals surface area contributed by atoms with Crippen LogP contribution in [0.25, 0.3) is 0 Å². The highest BCUT2D eigenvalue weighted by molar-refractivity contribution is 6.37. The number of rotatable bonds is 12. The van der Waals surface area contributed by atoms with E-state index in [9.17, 15) is 33.9 Å². The Balaban J connectivity index is 1.40. The molecule has 4 aliphatic rings. The van der Waals surface area contributed by atoms with Crippen LogP contribution in [-0.2, 0) is 36.8 Å². The Morgan fingerprint density at radius 1 is 1.00 bits per heavy atom. The second kappa shape index (κ2) is 13.9. The molecule has 0 radical (unpaired) electrons. The van der Waals surface area contributed by atoms with E-state index in [0.29, 0.717) is 32.1 Å². The molecule has 3 fully saturated rings. The minimum atomic E-state index is -1.41. The van der Waals surface area contributed by atoms with Crippen LogP contribution in [0.1, 0.15) is 75.3 Å². The van der Waals surface area contributed by atoms with Gasteiger partial charge in [0.2, 0.25) is 17.6 Å². The van der Waals surface area contributed by atoms with Gasteiger partial charge in [0.15, 0.2) is 0 Å². The molecule has 46 heavy (non-hydrogen) atoms. The number of aliphatic carboxylic acids is 1. The summed E-state index contributed by atoms with van der Waals surface area (Å²) in [6.07, 6.45) is 12.2. The van der Waals surface area contributed by atoms with E-state index in [1.165, 1.54) is 4.90 Å². The van der Waals surface area contributed by atoms with Gasteiger partial charge >= 0.3 is 12.0 Å². The van der Waals surface area contributed by atoms with Crippen LogP contribution in [-0.4, -0.2) is 75.7 Å². The SMILES string of the molecule is C#CC[C@H]1CCN(C(=O)[C@@H](NC(=O)NC2(C(=O)O)CCCC2)C2Cc3ccccc3C2)[C@@H]1C(=O)NC(CC1CCC1)C(=O)C(N)=O. The highest BCUT2D eigenvalue weighted by atomic mass is 16.4. The molecule has 6 N–H and O–H groups in total. The van der Waals surface area contributed by atoms with Crippen LogP contribution in [0, 0.1) is 30.1 Å². The van der Waals surface area contributed by atoms with Crippen molar-refractivity contribution < 1.29 is 33.9 Å². The average Bonchev–Trinajstić information content (AvgIpc) is 3.75. The summed E-state index contributed by atoms with van der Waals surface area (Å²) in [7, 11) is 0. The summed E-state index contributed by atoms with van der Waals surface area (Å²) in [5, 5.41) is 18.1. The van der Waals surface area contributed by atoms with Crippen molar-refractivity contribution >= 4 is 35.5 Å². The summed E-state index contributed by atoms with van der Waals surface area (Å²) >= 11 is 0. The first-order valence-corrected chi connectivity index (χ1v) is 16.3. The van der Waals surface area contributed by atoms with E-state index in [0.717, 1.165) is 30.4 Å². The van der Waals surface area contributed by atoms with Gasteiger partial charge in [0.25, 0.3) is 5.91 Å². The Labute approximate surface area is 268 Å². The lowest BCUT2D eigenvalue weighted by molar-refractivity contribution is -0.144. The van der Waals surface area contributed by atoms with Crippen molar-refractivity contribution in [3.63, 3.8) is 0 Å². The molecule has 1 saturated heterocycles. The molecular formula is C34H43N5O7. The number of ketones is 1. The number of primary amides is 1. The fourth-order valence-electron chi connectivity index (χ4n) is 7.70. The van der Waals surface area contributed by atoms with Gasteiger partial charge in [0.05, 0.1) is 6.04 Å². The molecule has 12 heteroatoms. The molecular weight excluding hydrogens is 590 g/mol. The monoisotopic (exact) mass is 633 g/mol. The van der Waals surface area contributed by atoms with Crippen LogP contribution < -0.4 is 21.7 Å². The predicted molar refractivity (Wildman–Crippen MR) is 167 cm³/mol. The van der Waals surface area contributed by atoms with E-state index in [2.05, 4.69) is 21.9 Å². The minimum Gasteiger partial charge on any atom is -0.480 e. The van der Waals surface area contributed by atoms with Gasteiger partial charge in [-0.3, -0.25) is 19.2 Å². The topological polar surface area (TPSA) is 188 Å². The summed E-state index contributed by atoms with van der Waals surface area (Å²) in [4.78, 5) is 80.0. The van der Waals surface area contributed by atoms with Gasteiger partial charge in [-0.2, -0.15) is 0 Å². The van der Waals surface area contributed by atoms with Crippen LogP contribution in [0.15, 0.2) is 24.3 Å². The molecule has 0 spiro atoms. The fraction of sp³-hybridized carbons (Fsp3) is 0.588. The second-order valence-corrected chi connectivity index (χ2v) is 13.4. The lowest BCUT2D eigenvalue weighted by Gasteiger charge is -2.35. The highest BCUT2D eigenvalue weighted by Crippen LogP contribution is 2.35. The zero-order chi connectivity index (χ0) is 33.0. The average molecular weight is 634 g/mol. The van der Waals surface area contributed by atoms with Crippen molar-refractivity contribution in [1.82, 2.24) is 20.9 Å². The second-order valence-electron chi connectivity index (χ2n) is 13.4. The number of terminal acetylenes is 1. The van der Waals surface area contributed by atoms with Gasteiger partial charge in [-0.15, -0.1) is 12.3 Å². The molecule has 5 amide bonds. The summed E-state index contributed by atoms with van der Waals surface area (Å²) in [6.45, 7) is 0.193. The van der Waals surface area contributed by atoms with Crippen LogP contribution in [0.2, 0.25) is 0 Å². The standard InChI is InChI=1S/C34H43N5O7/c1-2-8-21-13-16-39(27(21)30(42)36-25(28(40)29(35)41)17-20-9-7-10-20)31(43)26(24-18-22-11-3-4-12-23(22)19-24)37-33(46)38-34(32(44)45)14-5-6-15-34/h1,3-4,11-12,20-21,24-27H,5-10,13-19H2,(H2,35,41)(H,36,42)(H,44,45)(H2,37,38,46)/t21-,25?,26-,27-/m0/s1. The smallest absolute Gasteiger partial charge is 0.329 e. The first kappa shape index (κ1) is 33.0. The van der Waals surface area contributed by atoms with Gasteiger partial charge in [-0.05, 0) is 61.5 Å². The minimum absolute atomic E-state index is 0.182. The molecule has 1 aromatic rings. The molecule has 5 rings (SSSR count). The van der Waals surface area contributed by atoms with Crippen LogP contribution in [0.4, 0.5) is 4.79 Å². The van der Waals surface area contributed by atoms with Crippen LogP contribution in [0.3, 0.4) is 0 Å². The van der Waals surface area contributed by atoms with Crippen molar-refractivity contribution in [2.24, 2.45) is 23.5 Å². The number of hydrogen-bond acceptors (Lipinski definition) is 6. The molecule has 12 nitrogen and oxygen atoms in total. The molecule has 1 aromatic carbocycles. The molecule has 3 aliphatic carbocycles. The number of benzene rings is 1. The van der Waals surface area contributed by atoms with Gasteiger partial charge in [0, 0.05) is 18.9 Å². The van der Waals surface area contributed by atoms with Crippen molar-refractivity contribution in [1.29, 1.82) is 0 Å². The maximum absolute atomic E-state index is 14.5. The van der Waals surface area contributed by atoms with E-state index >= 15 is 0 Å². The summed E-state index contributed by atoms with van der Waals surface area (Å²) in [5.74, 6) is -2.22. The van der Waals surface area contributed by atoms with E-state index < -0.39 is 65.1 Å². The normalized spacial score (nSPS) is 23.3. The Morgan fingerprint density at radius 3 is 2.20 bits per heavy atom. The number of urea groups is 1. The molecule has 1 aliphatic heterocycles. The number of carboxylic acid groups (broad SMARTS) is 1. The molecule has 2 saturated carbocycles. The van der Waals surface area contributed by atoms with Gasteiger partial charge in [0.1, 0.15) is 17.6 Å². The number of amides is 5. The van der Waals surface area contributed by atoms with Crippen molar-refractivity contribution in [3.05, 3.63) is 35.4 Å². The van der Waals surface area contributed by atoms with E-state index in [1.807, 2.05) is 24.3 Å². The molecule has 0 aromatic heterocycles. The van der Waals surface area contributed by atoms with Crippen molar-refractivity contribution in [2.75, 3.05) is 6.54 Å². The third-order valence-corrected chi connectivity index (χ3v) is 10.5. The lowest BCUT2D eigenvalue weighted by atomic mass is 9.80. The zero-order valence-corrected chi connectivity index (χ0v) is 26.0. The number of carboxylic acids is 1. The Bertz CT molecular complexity index is 1400. The van der Waals surface area contributed by atoms with E-state index in [4.69, 9.17) is 12.2 Å². The third-order valence-electron chi connectivity index (χ3n) is 10.5. The van der Waals surface area contributed by atoms with Gasteiger partial charge < -0.3 is 31.7 Å². The van der Waals surface area contributed by atoms with Crippen molar-refractivity contribution in [3.8, 4) is 12.3 Å². The van der Waals surface area contributed by atoms with Crippen LogP contribution >= 0.6 is 0 Å². The first-order valence-electron chi connectivity index (χ1n) is 16.3. The summed E-state index contributed by atoms with van der Waals surface area (Å²) in [6, 6.07) is 3.79. The number of carbonyl (C=O) groups excluding carboxylic acids is 5. The number of carbonyl (C=O) groups is 6. The number of likely N-dealkylation sites (tertiary alicyclic amines) is 1. The quantitative estimate of drug-likeness (QED) is 0.170. The molecule has 1 unspecified atom stereocenters. The van der Waals surface area contributed by atoms with Gasteiger partial charge in [-0.25, -0.2) is 9.59 Å². The maximum Gasteiger partial charge on any atom is 0.329 e. The number of nitrogens with two attached hydrogens (primary N) is 1. The number of fused-ring (bicyclic) bond motifs is 1. The molecule has 1 heterocycles. The maximum atomic E-state index is 14.5. The third kappa shape index (κ3) is 6.88.